The molecule has 0 bridgehead atoms. The van der Waals surface area contributed by atoms with Gasteiger partial charge in [-0.15, -0.1) is 11.8 Å². The molecule has 120 valence electrons. The molecule has 1 aliphatic rings. The van der Waals surface area contributed by atoms with Gasteiger partial charge in [-0.25, -0.2) is 4.39 Å². The molecule has 3 rings (SSSR count). The first-order valence-electron chi connectivity index (χ1n) is 7.55. The minimum atomic E-state index is -0.276. The second-order valence-electron chi connectivity index (χ2n) is 5.51. The first kappa shape index (κ1) is 16.5. The molecule has 23 heavy (non-hydrogen) atoms. The van der Waals surface area contributed by atoms with E-state index in [1.807, 2.05) is 19.1 Å². The summed E-state index contributed by atoms with van der Waals surface area (Å²) in [4.78, 5) is 15.7. The summed E-state index contributed by atoms with van der Waals surface area (Å²) in [5.41, 5.74) is 1.76. The van der Waals surface area contributed by atoms with Gasteiger partial charge in [-0.3, -0.25) is 4.79 Å². The van der Waals surface area contributed by atoms with Crippen molar-refractivity contribution in [3.05, 3.63) is 63.9 Å². The lowest BCUT2D eigenvalue weighted by molar-refractivity contribution is -0.131. The minimum absolute atomic E-state index is 0.0769. The number of benzene rings is 2. The van der Waals surface area contributed by atoms with E-state index >= 15 is 0 Å². The van der Waals surface area contributed by atoms with Gasteiger partial charge in [0.2, 0.25) is 5.91 Å². The van der Waals surface area contributed by atoms with Crippen molar-refractivity contribution in [3.8, 4) is 0 Å². The number of amides is 1. The van der Waals surface area contributed by atoms with Gasteiger partial charge in [0.1, 0.15) is 5.82 Å². The van der Waals surface area contributed by atoms with Crippen molar-refractivity contribution in [1.82, 2.24) is 4.90 Å². The number of hydrogen-bond donors (Lipinski definition) is 0. The van der Waals surface area contributed by atoms with Gasteiger partial charge in [-0.2, -0.15) is 0 Å². The molecule has 0 saturated heterocycles. The molecule has 2 aromatic carbocycles. The Bertz CT molecular complexity index is 712. The maximum absolute atomic E-state index is 14.0. The smallest absolute Gasteiger partial charge is 0.236 e. The Morgan fingerprint density at radius 1 is 1.35 bits per heavy atom. The summed E-state index contributed by atoms with van der Waals surface area (Å²) in [5, 5.41) is -0.109. The normalized spacial score (nSPS) is 16.2. The first-order chi connectivity index (χ1) is 11.1. The second-order valence-corrected chi connectivity index (χ2v) is 7.67. The Morgan fingerprint density at radius 2 is 2.13 bits per heavy atom. The van der Waals surface area contributed by atoms with Crippen molar-refractivity contribution < 1.29 is 9.18 Å². The third-order valence-electron chi connectivity index (χ3n) is 3.98. The number of carbonyl (C=O) groups excluding carboxylic acids is 1. The van der Waals surface area contributed by atoms with Gasteiger partial charge >= 0.3 is 0 Å². The van der Waals surface area contributed by atoms with Crippen molar-refractivity contribution in [3.63, 3.8) is 0 Å². The fourth-order valence-electron chi connectivity index (χ4n) is 2.74. The average Bonchev–Trinajstić information content (AvgIpc) is 2.99. The van der Waals surface area contributed by atoms with E-state index in [1.54, 1.807) is 28.8 Å². The number of halogens is 2. The van der Waals surface area contributed by atoms with Crippen molar-refractivity contribution >= 4 is 33.6 Å². The fourth-order valence-corrected chi connectivity index (χ4v) is 4.43. The molecule has 2 nitrogen and oxygen atoms in total. The van der Waals surface area contributed by atoms with Crippen molar-refractivity contribution in [2.45, 2.75) is 30.0 Å². The van der Waals surface area contributed by atoms with E-state index in [4.69, 9.17) is 0 Å². The number of rotatable bonds is 4. The number of hydrogen-bond acceptors (Lipinski definition) is 2. The van der Waals surface area contributed by atoms with E-state index in [2.05, 4.69) is 28.1 Å². The fraction of sp³-hybridized carbons (Fsp3) is 0.278. The molecule has 0 saturated carbocycles. The summed E-state index contributed by atoms with van der Waals surface area (Å²) in [6, 6.07) is 12.9. The zero-order chi connectivity index (χ0) is 16.4. The van der Waals surface area contributed by atoms with Gasteiger partial charge in [-0.1, -0.05) is 34.1 Å². The highest BCUT2D eigenvalue weighted by Gasteiger charge is 2.31. The number of fused-ring (bicyclic) bond motifs is 1. The monoisotopic (exact) mass is 393 g/mol. The number of nitrogens with zero attached hydrogens (tertiary/aromatic N) is 1. The molecule has 0 spiro atoms. The molecule has 1 atom stereocenters. The van der Waals surface area contributed by atoms with Gasteiger partial charge in [-0.05, 0) is 43.2 Å². The number of carbonyl (C=O) groups is 1. The predicted molar refractivity (Wildman–Crippen MR) is 95.0 cm³/mol. The van der Waals surface area contributed by atoms with E-state index in [0.717, 1.165) is 10.9 Å². The molecule has 0 N–H and O–H groups in total. The van der Waals surface area contributed by atoms with Gasteiger partial charge in [0.25, 0.3) is 0 Å². The summed E-state index contributed by atoms with van der Waals surface area (Å²) in [6.45, 7) is 2.80. The van der Waals surface area contributed by atoms with Crippen LogP contribution in [0.25, 0.3) is 0 Å². The summed E-state index contributed by atoms with van der Waals surface area (Å²) in [6.07, 6.45) is 0.747. The maximum Gasteiger partial charge on any atom is 0.236 e. The average molecular weight is 394 g/mol. The Hall–Kier alpha value is -1.33. The molecule has 2 aromatic rings. The van der Waals surface area contributed by atoms with Crippen LogP contribution in [-0.2, 0) is 17.8 Å². The highest BCUT2D eigenvalue weighted by atomic mass is 79.9. The van der Waals surface area contributed by atoms with Crippen LogP contribution in [0.1, 0.15) is 18.1 Å². The highest BCUT2D eigenvalue weighted by molar-refractivity contribution is 9.10. The van der Waals surface area contributed by atoms with Crippen molar-refractivity contribution in [2.24, 2.45) is 0 Å². The lowest BCUT2D eigenvalue weighted by Crippen LogP contribution is -2.37. The molecular weight excluding hydrogens is 377 g/mol. The minimum Gasteiger partial charge on any atom is -0.338 e. The molecule has 1 amide bonds. The molecule has 0 fully saturated rings. The zero-order valence-electron chi connectivity index (χ0n) is 12.8. The molecule has 0 radical (unpaired) electrons. The Kier molecular flexibility index (Phi) is 5.07. The van der Waals surface area contributed by atoms with Crippen LogP contribution in [0.4, 0.5) is 4.39 Å². The van der Waals surface area contributed by atoms with Crippen molar-refractivity contribution in [2.75, 3.05) is 6.54 Å². The summed E-state index contributed by atoms with van der Waals surface area (Å²) in [7, 11) is 0. The lowest BCUT2D eigenvalue weighted by atomic mass is 10.1. The van der Waals surface area contributed by atoms with Crippen LogP contribution in [0.15, 0.2) is 51.8 Å². The van der Waals surface area contributed by atoms with E-state index in [1.165, 1.54) is 16.5 Å². The Morgan fingerprint density at radius 3 is 2.87 bits per heavy atom. The molecule has 5 heteroatoms. The van der Waals surface area contributed by atoms with E-state index in [-0.39, 0.29) is 17.0 Å². The van der Waals surface area contributed by atoms with Gasteiger partial charge in [0.15, 0.2) is 0 Å². The van der Waals surface area contributed by atoms with Crippen LogP contribution in [0.3, 0.4) is 0 Å². The number of thioether (sulfide) groups is 1. The molecule has 1 aliphatic heterocycles. The van der Waals surface area contributed by atoms with Crippen molar-refractivity contribution in [1.29, 1.82) is 0 Å². The largest absolute Gasteiger partial charge is 0.338 e. The SMILES string of the molecule is CCN(Cc1cc(Br)ccc1F)C(=O)C1Cc2ccccc2S1. The van der Waals surface area contributed by atoms with Gasteiger partial charge in [0.05, 0.1) is 5.25 Å². The van der Waals surface area contributed by atoms with Crippen LogP contribution >= 0.6 is 27.7 Å². The van der Waals surface area contributed by atoms with E-state index < -0.39 is 0 Å². The van der Waals surface area contributed by atoms with Crippen LogP contribution in [0.2, 0.25) is 0 Å². The highest BCUT2D eigenvalue weighted by Crippen LogP contribution is 2.37. The molecule has 1 heterocycles. The molecule has 1 unspecified atom stereocenters. The lowest BCUT2D eigenvalue weighted by Gasteiger charge is -2.24. The van der Waals surface area contributed by atoms with E-state index in [9.17, 15) is 9.18 Å². The van der Waals surface area contributed by atoms with Gasteiger partial charge < -0.3 is 4.90 Å². The summed E-state index contributed by atoms with van der Waals surface area (Å²) in [5.74, 6) is -0.199. The predicted octanol–water partition coefficient (Wildman–Crippen LogP) is 4.65. The summed E-state index contributed by atoms with van der Waals surface area (Å²) >= 11 is 4.97. The first-order valence-corrected chi connectivity index (χ1v) is 9.23. The van der Waals surface area contributed by atoms with Crippen LogP contribution in [-0.4, -0.2) is 22.6 Å². The third-order valence-corrected chi connectivity index (χ3v) is 5.78. The van der Waals surface area contributed by atoms with Crippen LogP contribution < -0.4 is 0 Å². The Balaban J connectivity index is 1.74. The van der Waals surface area contributed by atoms with E-state index in [0.29, 0.717) is 18.7 Å². The third kappa shape index (κ3) is 3.61. The summed E-state index contributed by atoms with van der Waals surface area (Å²) < 4.78 is 14.8. The Labute approximate surface area is 148 Å². The van der Waals surface area contributed by atoms with Gasteiger partial charge in [0, 0.05) is 28.0 Å². The topological polar surface area (TPSA) is 20.3 Å². The quantitative estimate of drug-likeness (QED) is 0.752. The van der Waals surface area contributed by atoms with Crippen LogP contribution in [0, 0.1) is 5.82 Å². The molecular formula is C18H17BrFNOS. The zero-order valence-corrected chi connectivity index (χ0v) is 15.2. The maximum atomic E-state index is 14.0. The van der Waals surface area contributed by atoms with Crippen LogP contribution in [0.5, 0.6) is 0 Å². The molecule has 0 aromatic heterocycles. The standard InChI is InChI=1S/C18H17BrFNOS/c1-2-21(11-13-9-14(19)7-8-15(13)20)18(22)17-10-12-5-3-4-6-16(12)23-17/h3-9,17H,2,10-11H2,1H3. The molecule has 0 aliphatic carbocycles. The second kappa shape index (κ2) is 7.05.